The predicted molar refractivity (Wildman–Crippen MR) is 92.4 cm³/mol. The lowest BCUT2D eigenvalue weighted by molar-refractivity contribution is -0.144. The predicted octanol–water partition coefficient (Wildman–Crippen LogP) is 3.08. The molecule has 1 aliphatic rings. The highest BCUT2D eigenvalue weighted by molar-refractivity contribution is 5.84. The second kappa shape index (κ2) is 8.78. The van der Waals surface area contributed by atoms with Crippen LogP contribution in [0.3, 0.4) is 0 Å². The third kappa shape index (κ3) is 5.03. The van der Waals surface area contributed by atoms with Crippen LogP contribution < -0.4 is 0 Å². The van der Waals surface area contributed by atoms with Crippen LogP contribution in [-0.4, -0.2) is 29.1 Å². The molecule has 1 aromatic carbocycles. The second-order valence-electron chi connectivity index (χ2n) is 6.39. The van der Waals surface area contributed by atoms with Gasteiger partial charge in [0, 0.05) is 25.2 Å². The van der Waals surface area contributed by atoms with E-state index in [1.54, 1.807) is 0 Å². The first-order valence-corrected chi connectivity index (χ1v) is 8.61. The molecule has 1 aliphatic carbocycles. The number of hydrogen-bond acceptors (Lipinski definition) is 4. The fraction of sp³-hybridized carbons (Fsp3) is 0.500. The normalized spacial score (nSPS) is 25.1. The molecular formula is C20H26O4. The minimum absolute atomic E-state index is 0.118. The summed E-state index contributed by atoms with van der Waals surface area (Å²) in [5, 5.41) is 10.1. The van der Waals surface area contributed by atoms with E-state index in [1.807, 2.05) is 49.4 Å². The summed E-state index contributed by atoms with van der Waals surface area (Å²) in [7, 11) is 0. The van der Waals surface area contributed by atoms with E-state index in [0.717, 1.165) is 6.42 Å². The van der Waals surface area contributed by atoms with Crippen LogP contribution in [0, 0.1) is 11.8 Å². The number of carbonyl (C=O) groups is 2. The molecule has 0 spiro atoms. The Balaban J connectivity index is 2.02. The molecule has 4 nitrogen and oxygen atoms in total. The van der Waals surface area contributed by atoms with Crippen molar-refractivity contribution in [1.82, 2.24) is 0 Å². The third-order valence-corrected chi connectivity index (χ3v) is 4.60. The van der Waals surface area contributed by atoms with Crippen LogP contribution in [0.4, 0.5) is 0 Å². The summed E-state index contributed by atoms with van der Waals surface area (Å²) in [6.07, 6.45) is 5.12. The van der Waals surface area contributed by atoms with Crippen LogP contribution in [0.25, 0.3) is 0 Å². The molecule has 1 fully saturated rings. The van der Waals surface area contributed by atoms with Gasteiger partial charge < -0.3 is 9.84 Å². The number of rotatable bonds is 7. The standard InChI is InChI=1S/C20H26O4/c1-3-17-18(20(23)13-19(17)22)12-11-16(24-14(2)21)10-9-15-7-5-4-6-8-15/h4-8,11-12,16-18,20,23H,3,9-10,13H2,1-2H3/t16-,17+,18+,20+/m0/s1. The van der Waals surface area contributed by atoms with Crippen LogP contribution in [0.5, 0.6) is 0 Å². The van der Waals surface area contributed by atoms with E-state index in [1.165, 1.54) is 12.5 Å². The van der Waals surface area contributed by atoms with Crippen molar-refractivity contribution in [2.24, 2.45) is 11.8 Å². The van der Waals surface area contributed by atoms with Crippen molar-refractivity contribution in [3.05, 3.63) is 48.0 Å². The monoisotopic (exact) mass is 330 g/mol. The number of aryl methyl sites for hydroxylation is 1. The number of benzene rings is 1. The van der Waals surface area contributed by atoms with Crippen molar-refractivity contribution in [3.63, 3.8) is 0 Å². The van der Waals surface area contributed by atoms with Gasteiger partial charge in [-0.05, 0) is 30.9 Å². The van der Waals surface area contributed by atoms with Gasteiger partial charge in [0.05, 0.1) is 6.10 Å². The highest BCUT2D eigenvalue weighted by atomic mass is 16.5. The number of ether oxygens (including phenoxy) is 1. The molecule has 0 heterocycles. The number of esters is 1. The molecule has 0 unspecified atom stereocenters. The molecule has 0 aliphatic heterocycles. The average molecular weight is 330 g/mol. The van der Waals surface area contributed by atoms with E-state index < -0.39 is 6.10 Å². The Morgan fingerprint density at radius 3 is 2.71 bits per heavy atom. The van der Waals surface area contributed by atoms with Gasteiger partial charge in [0.1, 0.15) is 11.9 Å². The van der Waals surface area contributed by atoms with Crippen molar-refractivity contribution < 1.29 is 19.4 Å². The molecule has 4 heteroatoms. The Morgan fingerprint density at radius 2 is 2.08 bits per heavy atom. The number of aliphatic hydroxyl groups excluding tert-OH is 1. The quantitative estimate of drug-likeness (QED) is 0.616. The fourth-order valence-electron chi connectivity index (χ4n) is 3.35. The summed E-state index contributed by atoms with van der Waals surface area (Å²) < 4.78 is 5.37. The van der Waals surface area contributed by atoms with Gasteiger partial charge in [0.2, 0.25) is 0 Å². The molecule has 0 aromatic heterocycles. The summed E-state index contributed by atoms with van der Waals surface area (Å²) in [6.45, 7) is 3.35. The molecule has 2 rings (SSSR count). The first-order chi connectivity index (χ1) is 11.5. The third-order valence-electron chi connectivity index (χ3n) is 4.60. The maximum absolute atomic E-state index is 11.9. The maximum Gasteiger partial charge on any atom is 0.303 e. The lowest BCUT2D eigenvalue weighted by Crippen LogP contribution is -2.20. The van der Waals surface area contributed by atoms with E-state index in [9.17, 15) is 14.7 Å². The van der Waals surface area contributed by atoms with Gasteiger partial charge in [-0.25, -0.2) is 0 Å². The zero-order valence-corrected chi connectivity index (χ0v) is 14.4. The summed E-state index contributed by atoms with van der Waals surface area (Å²) in [6, 6.07) is 10.0. The molecular weight excluding hydrogens is 304 g/mol. The van der Waals surface area contributed by atoms with Crippen molar-refractivity contribution >= 4 is 11.8 Å². The topological polar surface area (TPSA) is 63.6 Å². The summed E-state index contributed by atoms with van der Waals surface area (Å²) in [4.78, 5) is 23.2. The number of aliphatic hydroxyl groups is 1. The Hall–Kier alpha value is -1.94. The van der Waals surface area contributed by atoms with Crippen molar-refractivity contribution in [2.75, 3.05) is 0 Å². The molecule has 1 N–H and O–H groups in total. The van der Waals surface area contributed by atoms with Crippen LogP contribution in [0.2, 0.25) is 0 Å². The fourth-order valence-corrected chi connectivity index (χ4v) is 3.35. The summed E-state index contributed by atoms with van der Waals surface area (Å²) >= 11 is 0. The molecule has 0 radical (unpaired) electrons. The first kappa shape index (κ1) is 18.4. The van der Waals surface area contributed by atoms with Gasteiger partial charge in [-0.15, -0.1) is 0 Å². The Bertz CT molecular complexity index is 579. The molecule has 0 bridgehead atoms. The molecule has 0 amide bonds. The van der Waals surface area contributed by atoms with Crippen LogP contribution >= 0.6 is 0 Å². The molecule has 130 valence electrons. The lowest BCUT2D eigenvalue weighted by Gasteiger charge is -2.18. The number of Topliss-reactive ketones (excluding diaryl/α,β-unsaturated/α-hetero) is 1. The first-order valence-electron chi connectivity index (χ1n) is 8.61. The van der Waals surface area contributed by atoms with E-state index in [4.69, 9.17) is 4.74 Å². The van der Waals surface area contributed by atoms with Crippen molar-refractivity contribution in [3.8, 4) is 0 Å². The summed E-state index contributed by atoms with van der Waals surface area (Å²) in [5.74, 6) is -0.526. The van der Waals surface area contributed by atoms with Crippen molar-refractivity contribution in [2.45, 2.75) is 51.7 Å². The Kier molecular flexibility index (Phi) is 6.73. The van der Waals surface area contributed by atoms with E-state index in [-0.39, 0.29) is 36.1 Å². The number of hydrogen-bond donors (Lipinski definition) is 1. The van der Waals surface area contributed by atoms with Gasteiger partial charge in [0.15, 0.2) is 0 Å². The van der Waals surface area contributed by atoms with Gasteiger partial charge in [-0.3, -0.25) is 9.59 Å². The number of carbonyl (C=O) groups excluding carboxylic acids is 2. The average Bonchev–Trinajstić information content (AvgIpc) is 2.83. The molecule has 4 atom stereocenters. The highest BCUT2D eigenvalue weighted by Gasteiger charge is 2.38. The molecule has 24 heavy (non-hydrogen) atoms. The Labute approximate surface area is 143 Å². The highest BCUT2D eigenvalue weighted by Crippen LogP contribution is 2.32. The minimum Gasteiger partial charge on any atom is -0.458 e. The smallest absolute Gasteiger partial charge is 0.303 e. The summed E-state index contributed by atoms with van der Waals surface area (Å²) in [5.41, 5.74) is 1.19. The zero-order valence-electron chi connectivity index (χ0n) is 14.4. The largest absolute Gasteiger partial charge is 0.458 e. The lowest BCUT2D eigenvalue weighted by atomic mass is 9.91. The Morgan fingerprint density at radius 1 is 1.38 bits per heavy atom. The van der Waals surface area contributed by atoms with E-state index in [0.29, 0.717) is 12.8 Å². The maximum atomic E-state index is 11.9. The van der Waals surface area contributed by atoms with Crippen molar-refractivity contribution in [1.29, 1.82) is 0 Å². The van der Waals surface area contributed by atoms with E-state index in [2.05, 4.69) is 0 Å². The van der Waals surface area contributed by atoms with Crippen LogP contribution in [0.15, 0.2) is 42.5 Å². The van der Waals surface area contributed by atoms with Crippen LogP contribution in [-0.2, 0) is 20.7 Å². The molecule has 0 saturated heterocycles. The van der Waals surface area contributed by atoms with Crippen LogP contribution in [0.1, 0.15) is 38.7 Å². The van der Waals surface area contributed by atoms with Gasteiger partial charge in [-0.2, -0.15) is 0 Å². The van der Waals surface area contributed by atoms with E-state index >= 15 is 0 Å². The zero-order chi connectivity index (χ0) is 17.5. The SMILES string of the molecule is CC[C@H]1C(=O)C[C@@H](O)[C@@H]1C=C[C@H](CCc1ccccc1)OC(C)=O. The van der Waals surface area contributed by atoms with Gasteiger partial charge >= 0.3 is 5.97 Å². The van der Waals surface area contributed by atoms with Gasteiger partial charge in [-0.1, -0.05) is 43.3 Å². The molecule has 1 aromatic rings. The molecule has 1 saturated carbocycles. The second-order valence-corrected chi connectivity index (χ2v) is 6.39. The number of ketones is 1. The van der Waals surface area contributed by atoms with Gasteiger partial charge in [0.25, 0.3) is 0 Å². The minimum atomic E-state index is -0.634.